The number of carbonyl (C=O) groups excluding carboxylic acids is 1. The molecule has 24 heavy (non-hydrogen) atoms. The molecule has 1 aliphatic heterocycles. The smallest absolute Gasteiger partial charge is 0.254 e. The van der Waals surface area contributed by atoms with Crippen molar-refractivity contribution in [1.29, 1.82) is 5.26 Å². The van der Waals surface area contributed by atoms with E-state index in [1.54, 1.807) is 23.0 Å². The zero-order valence-electron chi connectivity index (χ0n) is 12.9. The highest BCUT2D eigenvalue weighted by Gasteiger charge is 2.28. The molecule has 1 aliphatic rings. The van der Waals surface area contributed by atoms with Gasteiger partial charge in [-0.2, -0.15) is 10.4 Å². The minimum absolute atomic E-state index is 0.175. The Kier molecular flexibility index (Phi) is 4.44. The first-order chi connectivity index (χ1) is 11.6. The van der Waals surface area contributed by atoms with E-state index in [1.807, 2.05) is 0 Å². The number of rotatable bonds is 4. The van der Waals surface area contributed by atoms with Crippen molar-refractivity contribution in [2.24, 2.45) is 11.7 Å². The third-order valence-corrected chi connectivity index (χ3v) is 4.06. The molecule has 1 amide bonds. The number of nitriles is 1. The second kappa shape index (κ2) is 6.68. The summed E-state index contributed by atoms with van der Waals surface area (Å²) in [6, 6.07) is 7.81. The van der Waals surface area contributed by atoms with Crippen LogP contribution in [0.25, 0.3) is 0 Å². The summed E-state index contributed by atoms with van der Waals surface area (Å²) in [4.78, 5) is 11.7. The number of hydrogen-bond acceptors (Lipinski definition) is 5. The number of benzene rings is 1. The Bertz CT molecular complexity index is 779. The highest BCUT2D eigenvalue weighted by molar-refractivity contribution is 5.98. The Morgan fingerprint density at radius 3 is 2.88 bits per heavy atom. The third-order valence-electron chi connectivity index (χ3n) is 4.06. The number of nitrogens with two attached hydrogens (primary N) is 1. The molecule has 0 aliphatic carbocycles. The molecule has 0 spiro atoms. The van der Waals surface area contributed by atoms with Crippen LogP contribution in [0.4, 0.5) is 15.9 Å². The minimum Gasteiger partial charge on any atom is -0.365 e. The highest BCUT2D eigenvalue weighted by atomic mass is 19.1. The van der Waals surface area contributed by atoms with Crippen molar-refractivity contribution in [3.63, 3.8) is 0 Å². The Labute approximate surface area is 138 Å². The molecule has 3 rings (SSSR count). The Hall–Kier alpha value is -2.92. The van der Waals surface area contributed by atoms with E-state index in [2.05, 4.69) is 21.8 Å². The van der Waals surface area contributed by atoms with Crippen LogP contribution in [0.3, 0.4) is 0 Å². The second-order valence-corrected chi connectivity index (χ2v) is 5.66. The van der Waals surface area contributed by atoms with Gasteiger partial charge >= 0.3 is 0 Å². The number of nitrogens with zero attached hydrogens (tertiary/aromatic N) is 3. The minimum atomic E-state index is -0.622. The number of primary amides is 1. The van der Waals surface area contributed by atoms with Crippen molar-refractivity contribution < 1.29 is 9.18 Å². The molecule has 124 valence electrons. The summed E-state index contributed by atoms with van der Waals surface area (Å²) >= 11 is 0. The van der Waals surface area contributed by atoms with E-state index in [0.29, 0.717) is 18.7 Å². The predicted octanol–water partition coefficient (Wildman–Crippen LogP) is 1.54. The summed E-state index contributed by atoms with van der Waals surface area (Å²) in [5.41, 5.74) is 6.24. The van der Waals surface area contributed by atoms with Crippen LogP contribution in [0.5, 0.6) is 0 Å². The maximum absolute atomic E-state index is 13.0. The number of aromatic nitrogens is 2. The number of anilines is 2. The molecule has 1 saturated heterocycles. The van der Waals surface area contributed by atoms with Crippen LogP contribution in [0, 0.1) is 23.1 Å². The first-order valence-corrected chi connectivity index (χ1v) is 7.60. The Morgan fingerprint density at radius 1 is 1.46 bits per heavy atom. The normalized spacial score (nSPS) is 20.3. The molecule has 0 saturated carbocycles. The van der Waals surface area contributed by atoms with Crippen LogP contribution >= 0.6 is 0 Å². The third kappa shape index (κ3) is 3.21. The topological polar surface area (TPSA) is 109 Å². The lowest BCUT2D eigenvalue weighted by Crippen LogP contribution is -2.37. The average Bonchev–Trinajstić information content (AvgIpc) is 3.01. The first-order valence-electron chi connectivity index (χ1n) is 7.60. The quantitative estimate of drug-likeness (QED) is 0.789. The van der Waals surface area contributed by atoms with Crippen LogP contribution < -0.4 is 16.4 Å². The van der Waals surface area contributed by atoms with Gasteiger partial charge in [-0.25, -0.2) is 4.39 Å². The molecule has 1 unspecified atom stereocenters. The van der Waals surface area contributed by atoms with E-state index in [1.165, 1.54) is 12.1 Å². The van der Waals surface area contributed by atoms with Gasteiger partial charge in [0.05, 0.1) is 18.0 Å². The fourth-order valence-electron chi connectivity index (χ4n) is 2.77. The molecule has 8 heteroatoms. The number of amides is 1. The molecule has 2 atom stereocenters. The standard InChI is InChI=1S/C16H17FN6O/c17-11-1-3-12(4-2-11)21-16-13(15(19)24)9-23(22-16)14-8-20-6-5-10(14)7-18/h1-4,9-10,14,20H,5-6,8H2,(H2,19,24)(H,21,22)/t10?,14-/m0/s1. The fraction of sp³-hybridized carbons (Fsp3) is 0.312. The monoisotopic (exact) mass is 328 g/mol. The van der Waals surface area contributed by atoms with Crippen LogP contribution in [0.1, 0.15) is 22.8 Å². The zero-order valence-corrected chi connectivity index (χ0v) is 12.9. The van der Waals surface area contributed by atoms with Gasteiger partial charge < -0.3 is 16.4 Å². The maximum Gasteiger partial charge on any atom is 0.254 e. The van der Waals surface area contributed by atoms with Crippen molar-refractivity contribution in [2.45, 2.75) is 12.5 Å². The van der Waals surface area contributed by atoms with Gasteiger partial charge in [0.2, 0.25) is 0 Å². The van der Waals surface area contributed by atoms with E-state index >= 15 is 0 Å². The summed E-state index contributed by atoms with van der Waals surface area (Å²) in [7, 11) is 0. The maximum atomic E-state index is 13.0. The van der Waals surface area contributed by atoms with Gasteiger partial charge in [0.1, 0.15) is 11.4 Å². The van der Waals surface area contributed by atoms with Gasteiger partial charge in [0.15, 0.2) is 5.82 Å². The molecular formula is C16H17FN6O. The van der Waals surface area contributed by atoms with Crippen molar-refractivity contribution in [3.8, 4) is 6.07 Å². The summed E-state index contributed by atoms with van der Waals surface area (Å²) in [5.74, 6) is -0.878. The lowest BCUT2D eigenvalue weighted by molar-refractivity contribution is 0.100. The first kappa shape index (κ1) is 16.0. The van der Waals surface area contributed by atoms with Crippen LogP contribution in [-0.2, 0) is 0 Å². The molecule has 1 aromatic carbocycles. The van der Waals surface area contributed by atoms with E-state index in [9.17, 15) is 14.4 Å². The van der Waals surface area contributed by atoms with Crippen molar-refractivity contribution in [1.82, 2.24) is 15.1 Å². The van der Waals surface area contributed by atoms with Gasteiger partial charge in [-0.15, -0.1) is 0 Å². The SMILES string of the molecule is N#CC1CCNC[C@@H]1n1cc(C(N)=O)c(Nc2ccc(F)cc2)n1. The van der Waals surface area contributed by atoms with Gasteiger partial charge in [-0.1, -0.05) is 0 Å². The number of nitrogens with one attached hydrogen (secondary N) is 2. The average molecular weight is 328 g/mol. The van der Waals surface area contributed by atoms with Crippen LogP contribution in [-0.4, -0.2) is 28.8 Å². The molecule has 2 heterocycles. The second-order valence-electron chi connectivity index (χ2n) is 5.66. The molecular weight excluding hydrogens is 311 g/mol. The number of halogens is 1. The number of piperidine rings is 1. The van der Waals surface area contributed by atoms with E-state index in [0.717, 1.165) is 6.54 Å². The molecule has 1 fully saturated rings. The van der Waals surface area contributed by atoms with Gasteiger partial charge in [0.25, 0.3) is 5.91 Å². The van der Waals surface area contributed by atoms with Crippen LogP contribution in [0.15, 0.2) is 30.5 Å². The molecule has 1 aromatic heterocycles. The van der Waals surface area contributed by atoms with E-state index < -0.39 is 5.91 Å². The van der Waals surface area contributed by atoms with Gasteiger partial charge in [0, 0.05) is 18.4 Å². The summed E-state index contributed by atoms with van der Waals surface area (Å²) < 4.78 is 14.6. The lowest BCUT2D eigenvalue weighted by atomic mass is 9.94. The Balaban J connectivity index is 1.91. The number of hydrogen-bond donors (Lipinski definition) is 3. The molecule has 0 radical (unpaired) electrons. The van der Waals surface area contributed by atoms with Crippen molar-refractivity contribution >= 4 is 17.4 Å². The van der Waals surface area contributed by atoms with Crippen LogP contribution in [0.2, 0.25) is 0 Å². The molecule has 7 nitrogen and oxygen atoms in total. The fourth-order valence-corrected chi connectivity index (χ4v) is 2.77. The Morgan fingerprint density at radius 2 is 2.21 bits per heavy atom. The lowest BCUT2D eigenvalue weighted by Gasteiger charge is -2.27. The molecule has 2 aromatic rings. The van der Waals surface area contributed by atoms with Crippen molar-refractivity contribution in [3.05, 3.63) is 41.8 Å². The predicted molar refractivity (Wildman–Crippen MR) is 86.1 cm³/mol. The zero-order chi connectivity index (χ0) is 17.1. The van der Waals surface area contributed by atoms with Crippen molar-refractivity contribution in [2.75, 3.05) is 18.4 Å². The summed E-state index contributed by atoms with van der Waals surface area (Å²) in [5, 5.41) is 19.9. The largest absolute Gasteiger partial charge is 0.365 e. The highest BCUT2D eigenvalue weighted by Crippen LogP contribution is 2.27. The van der Waals surface area contributed by atoms with Gasteiger partial charge in [-0.3, -0.25) is 9.48 Å². The van der Waals surface area contributed by atoms with Gasteiger partial charge in [-0.05, 0) is 37.2 Å². The number of carbonyl (C=O) groups is 1. The van der Waals surface area contributed by atoms with E-state index in [-0.39, 0.29) is 29.2 Å². The molecule has 0 bridgehead atoms. The molecule has 4 N–H and O–H groups in total. The summed E-state index contributed by atoms with van der Waals surface area (Å²) in [6.07, 6.45) is 2.27. The van der Waals surface area contributed by atoms with E-state index in [4.69, 9.17) is 5.73 Å². The summed E-state index contributed by atoms with van der Waals surface area (Å²) in [6.45, 7) is 1.37.